The van der Waals surface area contributed by atoms with Gasteiger partial charge in [-0.25, -0.2) is 4.98 Å². The van der Waals surface area contributed by atoms with Crippen LogP contribution < -0.4 is 5.73 Å². The van der Waals surface area contributed by atoms with Crippen LogP contribution in [0.25, 0.3) is 10.7 Å². The van der Waals surface area contributed by atoms with Crippen molar-refractivity contribution in [3.05, 3.63) is 35.7 Å². The molecule has 0 saturated heterocycles. The summed E-state index contributed by atoms with van der Waals surface area (Å²) >= 11 is 1.66. The Morgan fingerprint density at radius 3 is 3.06 bits per heavy atom. The molecule has 3 N–H and O–H groups in total. The molecule has 0 amide bonds. The molecule has 0 aliphatic heterocycles. The van der Waals surface area contributed by atoms with E-state index in [-0.39, 0.29) is 5.95 Å². The highest BCUT2D eigenvalue weighted by Gasteiger charge is 2.07. The fourth-order valence-electron chi connectivity index (χ4n) is 1.54. The van der Waals surface area contributed by atoms with E-state index in [1.807, 2.05) is 16.8 Å². The van der Waals surface area contributed by atoms with Crippen molar-refractivity contribution in [3.8, 4) is 10.7 Å². The Labute approximate surface area is 101 Å². The molecule has 86 valence electrons. The highest BCUT2D eigenvalue weighted by molar-refractivity contribution is 7.15. The molecule has 0 bridgehead atoms. The second kappa shape index (κ2) is 4.02. The van der Waals surface area contributed by atoms with E-state index in [9.17, 15) is 0 Å². The lowest BCUT2D eigenvalue weighted by Gasteiger charge is -1.96. The summed E-state index contributed by atoms with van der Waals surface area (Å²) in [6.45, 7) is 0.814. The molecule has 3 heterocycles. The lowest BCUT2D eigenvalue weighted by molar-refractivity contribution is 0.810. The van der Waals surface area contributed by atoms with E-state index in [4.69, 9.17) is 5.73 Å². The van der Waals surface area contributed by atoms with Crippen LogP contribution in [-0.2, 0) is 6.54 Å². The Kier molecular flexibility index (Phi) is 2.37. The molecule has 7 heteroatoms. The molecule has 0 aromatic carbocycles. The zero-order valence-electron chi connectivity index (χ0n) is 8.87. The van der Waals surface area contributed by atoms with Gasteiger partial charge in [-0.3, -0.25) is 5.10 Å². The van der Waals surface area contributed by atoms with Crippen molar-refractivity contribution in [2.24, 2.45) is 0 Å². The van der Waals surface area contributed by atoms with E-state index >= 15 is 0 Å². The first-order valence-corrected chi connectivity index (χ1v) is 5.85. The van der Waals surface area contributed by atoms with Crippen molar-refractivity contribution in [2.75, 3.05) is 5.73 Å². The van der Waals surface area contributed by atoms with Crippen LogP contribution >= 0.6 is 11.3 Å². The predicted octanol–water partition coefficient (Wildman–Crippen LogP) is 1.36. The first-order valence-electron chi connectivity index (χ1n) is 5.04. The summed E-state index contributed by atoms with van der Waals surface area (Å²) in [6, 6.07) is 4.08. The number of nitrogens with one attached hydrogen (secondary N) is 1. The zero-order valence-corrected chi connectivity index (χ0v) is 9.68. The van der Waals surface area contributed by atoms with E-state index in [2.05, 4.69) is 26.2 Å². The van der Waals surface area contributed by atoms with Crippen LogP contribution in [0, 0.1) is 0 Å². The van der Waals surface area contributed by atoms with E-state index < -0.39 is 0 Å². The van der Waals surface area contributed by atoms with Gasteiger partial charge in [0.25, 0.3) is 0 Å². The molecule has 3 aromatic rings. The molecule has 6 nitrogen and oxygen atoms in total. The number of nitrogens with zero attached hydrogens (tertiary/aromatic N) is 4. The van der Waals surface area contributed by atoms with E-state index in [0.29, 0.717) is 5.82 Å². The molecule has 0 radical (unpaired) electrons. The van der Waals surface area contributed by atoms with Gasteiger partial charge in [0.05, 0.1) is 17.7 Å². The molecule has 0 spiro atoms. The molecule has 0 saturated carbocycles. The Hall–Kier alpha value is -2.15. The minimum absolute atomic E-state index is 0.268. The van der Waals surface area contributed by atoms with Gasteiger partial charge in [0.2, 0.25) is 5.95 Å². The fraction of sp³-hybridized carbons (Fsp3) is 0.100. The number of aromatic nitrogens is 5. The van der Waals surface area contributed by atoms with Crippen molar-refractivity contribution in [3.63, 3.8) is 0 Å². The standard InChI is InChI=1S/C10H10N6S/c11-10-13-9(14-15-10)8-2-1-7(17-8)5-16-4-3-12-6-16/h1-4,6H,5H2,(H3,11,13,14,15). The minimum atomic E-state index is 0.268. The average molecular weight is 246 g/mol. The van der Waals surface area contributed by atoms with Crippen molar-refractivity contribution >= 4 is 17.3 Å². The quantitative estimate of drug-likeness (QED) is 0.730. The normalized spacial score (nSPS) is 10.8. The maximum Gasteiger partial charge on any atom is 0.239 e. The molecule has 0 unspecified atom stereocenters. The van der Waals surface area contributed by atoms with E-state index in [1.165, 1.54) is 4.88 Å². The third-order valence-electron chi connectivity index (χ3n) is 2.30. The Bertz CT molecular complexity index is 608. The predicted molar refractivity (Wildman–Crippen MR) is 65.4 cm³/mol. The Balaban J connectivity index is 1.83. The molecular weight excluding hydrogens is 236 g/mol. The fourth-order valence-corrected chi connectivity index (χ4v) is 2.49. The van der Waals surface area contributed by atoms with Crippen LogP contribution in [0.3, 0.4) is 0 Å². The lowest BCUT2D eigenvalue weighted by atomic mass is 10.4. The third kappa shape index (κ3) is 2.04. The second-order valence-electron chi connectivity index (χ2n) is 3.54. The summed E-state index contributed by atoms with van der Waals surface area (Å²) < 4.78 is 2.02. The number of nitrogen functional groups attached to an aromatic ring is 1. The number of hydrogen-bond acceptors (Lipinski definition) is 5. The van der Waals surface area contributed by atoms with Crippen LogP contribution in [0.5, 0.6) is 0 Å². The molecule has 17 heavy (non-hydrogen) atoms. The summed E-state index contributed by atoms with van der Waals surface area (Å²) in [4.78, 5) is 10.4. The van der Waals surface area contributed by atoms with Crippen LogP contribution in [0.1, 0.15) is 4.88 Å². The molecule has 3 aromatic heterocycles. The first-order chi connectivity index (χ1) is 8.31. The van der Waals surface area contributed by atoms with Gasteiger partial charge in [-0.05, 0) is 12.1 Å². The number of nitrogens with two attached hydrogens (primary N) is 1. The van der Waals surface area contributed by atoms with Gasteiger partial charge >= 0.3 is 0 Å². The SMILES string of the molecule is Nc1n[nH]c(-c2ccc(Cn3ccnc3)s2)n1. The van der Waals surface area contributed by atoms with Gasteiger partial charge in [0.15, 0.2) is 5.82 Å². The van der Waals surface area contributed by atoms with Gasteiger partial charge in [-0.2, -0.15) is 4.98 Å². The van der Waals surface area contributed by atoms with Crippen molar-refractivity contribution < 1.29 is 0 Å². The number of H-pyrrole nitrogens is 1. The summed E-state index contributed by atoms with van der Waals surface area (Å²) in [5.41, 5.74) is 5.47. The van der Waals surface area contributed by atoms with E-state index in [0.717, 1.165) is 11.4 Å². The number of anilines is 1. The molecule has 0 aliphatic carbocycles. The molecule has 0 atom stereocenters. The van der Waals surface area contributed by atoms with Crippen molar-refractivity contribution in [1.82, 2.24) is 24.7 Å². The number of imidazole rings is 1. The Morgan fingerprint density at radius 2 is 2.35 bits per heavy atom. The summed E-state index contributed by atoms with van der Waals surface area (Å²) in [5, 5.41) is 6.61. The van der Waals surface area contributed by atoms with Crippen LogP contribution in [0.15, 0.2) is 30.9 Å². The third-order valence-corrected chi connectivity index (χ3v) is 3.37. The lowest BCUT2D eigenvalue weighted by Crippen LogP contribution is -1.92. The molecule has 0 aliphatic rings. The second-order valence-corrected chi connectivity index (χ2v) is 4.71. The molecule has 0 fully saturated rings. The minimum Gasteiger partial charge on any atom is -0.366 e. The smallest absolute Gasteiger partial charge is 0.239 e. The van der Waals surface area contributed by atoms with Gasteiger partial charge in [-0.1, -0.05) is 0 Å². The zero-order chi connectivity index (χ0) is 11.7. The first kappa shape index (κ1) is 10.0. The monoisotopic (exact) mass is 246 g/mol. The van der Waals surface area contributed by atoms with Crippen molar-refractivity contribution in [2.45, 2.75) is 6.54 Å². The average Bonchev–Trinajstić information content (AvgIpc) is 2.99. The maximum absolute atomic E-state index is 5.47. The largest absolute Gasteiger partial charge is 0.366 e. The topological polar surface area (TPSA) is 85.4 Å². The number of rotatable bonds is 3. The summed E-state index contributed by atoms with van der Waals surface area (Å²) in [5.74, 6) is 0.981. The van der Waals surface area contributed by atoms with Crippen LogP contribution in [-0.4, -0.2) is 24.7 Å². The van der Waals surface area contributed by atoms with Gasteiger partial charge in [0, 0.05) is 17.3 Å². The van der Waals surface area contributed by atoms with Gasteiger partial charge in [-0.15, -0.1) is 16.4 Å². The van der Waals surface area contributed by atoms with E-state index in [1.54, 1.807) is 23.9 Å². The highest BCUT2D eigenvalue weighted by Crippen LogP contribution is 2.25. The Morgan fingerprint density at radius 1 is 1.41 bits per heavy atom. The van der Waals surface area contributed by atoms with Gasteiger partial charge < -0.3 is 10.3 Å². The highest BCUT2D eigenvalue weighted by atomic mass is 32.1. The number of thiophene rings is 1. The summed E-state index contributed by atoms with van der Waals surface area (Å²) in [7, 11) is 0. The molecular formula is C10H10N6S. The van der Waals surface area contributed by atoms with Crippen LogP contribution in [0.2, 0.25) is 0 Å². The number of hydrogen-bond donors (Lipinski definition) is 2. The number of aromatic amines is 1. The summed E-state index contributed by atoms with van der Waals surface area (Å²) in [6.07, 6.45) is 5.50. The van der Waals surface area contributed by atoms with Gasteiger partial charge in [0.1, 0.15) is 0 Å². The molecule has 3 rings (SSSR count). The van der Waals surface area contributed by atoms with Crippen LogP contribution in [0.4, 0.5) is 5.95 Å². The maximum atomic E-state index is 5.47. The van der Waals surface area contributed by atoms with Crippen molar-refractivity contribution in [1.29, 1.82) is 0 Å².